The molecular formula is C21H17NO5S. The first-order valence-corrected chi connectivity index (χ1v) is 9.46. The zero-order valence-corrected chi connectivity index (χ0v) is 15.8. The van der Waals surface area contributed by atoms with Crippen molar-refractivity contribution in [1.29, 1.82) is 0 Å². The molecule has 1 aromatic carbocycles. The molecule has 4 rings (SSSR count). The third kappa shape index (κ3) is 3.10. The van der Waals surface area contributed by atoms with E-state index in [0.717, 1.165) is 5.56 Å². The lowest BCUT2D eigenvalue weighted by atomic mass is 10.00. The first-order chi connectivity index (χ1) is 13.6. The van der Waals surface area contributed by atoms with Gasteiger partial charge in [-0.1, -0.05) is 18.2 Å². The summed E-state index contributed by atoms with van der Waals surface area (Å²) in [6, 6.07) is 13.3. The van der Waals surface area contributed by atoms with Gasteiger partial charge in [0, 0.05) is 6.54 Å². The summed E-state index contributed by atoms with van der Waals surface area (Å²) in [7, 11) is 1.58. The number of ether oxygens (including phenoxy) is 1. The first-order valence-electron chi connectivity index (χ1n) is 8.58. The average Bonchev–Trinajstić information content (AvgIpc) is 3.46. The molecule has 1 aliphatic heterocycles. The Morgan fingerprint density at radius 3 is 2.61 bits per heavy atom. The van der Waals surface area contributed by atoms with Gasteiger partial charge in [0.1, 0.15) is 17.6 Å². The number of thiophene rings is 1. The van der Waals surface area contributed by atoms with Crippen molar-refractivity contribution in [3.05, 3.63) is 87.7 Å². The summed E-state index contributed by atoms with van der Waals surface area (Å²) in [6.45, 7) is 0.208. The van der Waals surface area contributed by atoms with Gasteiger partial charge in [0.2, 0.25) is 5.78 Å². The Morgan fingerprint density at radius 1 is 1.21 bits per heavy atom. The van der Waals surface area contributed by atoms with Crippen molar-refractivity contribution in [1.82, 2.24) is 4.90 Å². The smallest absolute Gasteiger partial charge is 0.290 e. The second kappa shape index (κ2) is 7.36. The van der Waals surface area contributed by atoms with Gasteiger partial charge in [0.25, 0.3) is 5.91 Å². The summed E-state index contributed by atoms with van der Waals surface area (Å²) in [5.41, 5.74) is 0.874. The Labute approximate surface area is 165 Å². The SMILES string of the molecule is COc1ccc(CN2C(=O)C(O)=C(C(=O)c3cccs3)C2c2ccco2)cc1. The van der Waals surface area contributed by atoms with Gasteiger partial charge in [-0.2, -0.15) is 0 Å². The minimum Gasteiger partial charge on any atom is -0.503 e. The molecule has 0 bridgehead atoms. The van der Waals surface area contributed by atoms with Crippen molar-refractivity contribution >= 4 is 23.0 Å². The van der Waals surface area contributed by atoms with Crippen LogP contribution in [0, 0.1) is 0 Å². The molecule has 0 aliphatic carbocycles. The van der Waals surface area contributed by atoms with Crippen LogP contribution in [-0.2, 0) is 11.3 Å². The highest BCUT2D eigenvalue weighted by Crippen LogP contribution is 2.40. The van der Waals surface area contributed by atoms with Gasteiger partial charge >= 0.3 is 0 Å². The summed E-state index contributed by atoms with van der Waals surface area (Å²) < 4.78 is 10.7. The van der Waals surface area contributed by atoms with E-state index in [4.69, 9.17) is 9.15 Å². The van der Waals surface area contributed by atoms with Crippen molar-refractivity contribution in [2.45, 2.75) is 12.6 Å². The Hall–Kier alpha value is -3.32. The van der Waals surface area contributed by atoms with E-state index in [-0.39, 0.29) is 17.9 Å². The van der Waals surface area contributed by atoms with Crippen LogP contribution in [0.1, 0.15) is 27.0 Å². The minimum absolute atomic E-state index is 0.0379. The Balaban J connectivity index is 1.72. The highest BCUT2D eigenvalue weighted by molar-refractivity contribution is 7.12. The number of benzene rings is 1. The van der Waals surface area contributed by atoms with Crippen LogP contribution < -0.4 is 4.74 Å². The molecule has 1 atom stereocenters. The van der Waals surface area contributed by atoms with Crippen LogP contribution >= 0.6 is 11.3 Å². The number of nitrogens with zero attached hydrogens (tertiary/aromatic N) is 1. The standard InChI is InChI=1S/C21H17NO5S/c1-26-14-8-6-13(7-9-14)12-22-18(15-4-2-10-27-15)17(20(24)21(22)25)19(23)16-5-3-11-28-16/h2-11,18,24H,12H2,1H3. The lowest BCUT2D eigenvalue weighted by molar-refractivity contribution is -0.130. The van der Waals surface area contributed by atoms with Crippen molar-refractivity contribution in [3.63, 3.8) is 0 Å². The molecule has 6 nitrogen and oxygen atoms in total. The third-order valence-corrected chi connectivity index (χ3v) is 5.49. The van der Waals surface area contributed by atoms with Gasteiger partial charge in [-0.15, -0.1) is 11.3 Å². The second-order valence-corrected chi connectivity index (χ2v) is 7.22. The van der Waals surface area contributed by atoms with E-state index in [1.54, 1.807) is 48.9 Å². The third-order valence-electron chi connectivity index (χ3n) is 4.62. The predicted molar refractivity (Wildman–Crippen MR) is 103 cm³/mol. The fraction of sp³-hybridized carbons (Fsp3) is 0.143. The number of furan rings is 1. The molecule has 2 aromatic heterocycles. The van der Waals surface area contributed by atoms with E-state index in [0.29, 0.717) is 16.4 Å². The summed E-state index contributed by atoms with van der Waals surface area (Å²) in [5, 5.41) is 12.3. The highest BCUT2D eigenvalue weighted by atomic mass is 32.1. The maximum Gasteiger partial charge on any atom is 0.290 e. The molecule has 0 spiro atoms. The molecule has 0 saturated carbocycles. The van der Waals surface area contributed by atoms with Gasteiger partial charge in [-0.3, -0.25) is 9.59 Å². The Kier molecular flexibility index (Phi) is 4.75. The lowest BCUT2D eigenvalue weighted by Crippen LogP contribution is -2.30. The molecule has 0 saturated heterocycles. The largest absolute Gasteiger partial charge is 0.503 e. The molecule has 142 valence electrons. The predicted octanol–water partition coefficient (Wildman–Crippen LogP) is 4.13. The quantitative estimate of drug-likeness (QED) is 0.635. The monoisotopic (exact) mass is 395 g/mol. The maximum atomic E-state index is 13.0. The Morgan fingerprint density at radius 2 is 2.00 bits per heavy atom. The molecule has 28 heavy (non-hydrogen) atoms. The van der Waals surface area contributed by atoms with E-state index in [1.807, 2.05) is 12.1 Å². The van der Waals surface area contributed by atoms with Gasteiger partial charge in [-0.25, -0.2) is 0 Å². The number of Topliss-reactive ketones (excluding diaryl/α,β-unsaturated/α-hetero) is 1. The van der Waals surface area contributed by atoms with Crippen LogP contribution in [0.4, 0.5) is 0 Å². The van der Waals surface area contributed by atoms with Crippen molar-refractivity contribution in [2.75, 3.05) is 7.11 Å². The van der Waals surface area contributed by atoms with E-state index < -0.39 is 17.7 Å². The minimum atomic E-state index is -0.792. The summed E-state index contributed by atoms with van der Waals surface area (Å²) in [4.78, 5) is 27.7. The number of rotatable bonds is 6. The van der Waals surface area contributed by atoms with E-state index in [1.165, 1.54) is 22.5 Å². The fourth-order valence-electron chi connectivity index (χ4n) is 3.26. The van der Waals surface area contributed by atoms with Gasteiger partial charge in [0.05, 0.1) is 23.8 Å². The van der Waals surface area contributed by atoms with Crippen molar-refractivity contribution < 1.29 is 23.8 Å². The number of amides is 1. The van der Waals surface area contributed by atoms with Crippen LogP contribution in [0.5, 0.6) is 5.75 Å². The molecule has 1 amide bonds. The molecule has 1 aliphatic rings. The Bertz CT molecular complexity index is 1020. The topological polar surface area (TPSA) is 80.0 Å². The molecule has 0 fully saturated rings. The van der Waals surface area contributed by atoms with E-state index in [9.17, 15) is 14.7 Å². The summed E-state index contributed by atoms with van der Waals surface area (Å²) in [5.74, 6) is -0.385. The average molecular weight is 395 g/mol. The molecule has 0 radical (unpaired) electrons. The molecule has 3 heterocycles. The van der Waals surface area contributed by atoms with Crippen LogP contribution in [-0.4, -0.2) is 28.8 Å². The van der Waals surface area contributed by atoms with Crippen LogP contribution in [0.15, 0.2) is 75.9 Å². The second-order valence-electron chi connectivity index (χ2n) is 6.27. The molecular weight excluding hydrogens is 378 g/mol. The number of hydrogen-bond acceptors (Lipinski definition) is 6. The maximum absolute atomic E-state index is 13.0. The van der Waals surface area contributed by atoms with Crippen LogP contribution in [0.2, 0.25) is 0 Å². The van der Waals surface area contributed by atoms with Crippen molar-refractivity contribution in [3.8, 4) is 5.75 Å². The van der Waals surface area contributed by atoms with Crippen molar-refractivity contribution in [2.24, 2.45) is 0 Å². The molecule has 1 N–H and O–H groups in total. The number of ketones is 1. The van der Waals surface area contributed by atoms with Gasteiger partial charge < -0.3 is 19.2 Å². The zero-order chi connectivity index (χ0) is 19.7. The molecule has 7 heteroatoms. The number of hydrogen-bond donors (Lipinski definition) is 1. The fourth-order valence-corrected chi connectivity index (χ4v) is 3.94. The zero-order valence-electron chi connectivity index (χ0n) is 15.0. The number of aliphatic hydroxyl groups is 1. The van der Waals surface area contributed by atoms with Gasteiger partial charge in [0.15, 0.2) is 5.76 Å². The first kappa shape index (κ1) is 18.1. The van der Waals surface area contributed by atoms with Crippen LogP contribution in [0.3, 0.4) is 0 Å². The van der Waals surface area contributed by atoms with Crippen LogP contribution in [0.25, 0.3) is 0 Å². The van der Waals surface area contributed by atoms with Gasteiger partial charge in [-0.05, 0) is 41.3 Å². The molecule has 1 unspecified atom stereocenters. The lowest BCUT2D eigenvalue weighted by Gasteiger charge is -2.25. The van der Waals surface area contributed by atoms with E-state index >= 15 is 0 Å². The normalized spacial score (nSPS) is 16.7. The number of carbonyl (C=O) groups is 2. The summed E-state index contributed by atoms with van der Waals surface area (Å²) in [6.07, 6.45) is 1.48. The highest BCUT2D eigenvalue weighted by Gasteiger charge is 2.45. The number of aliphatic hydroxyl groups excluding tert-OH is 1. The summed E-state index contributed by atoms with van der Waals surface area (Å²) >= 11 is 1.26. The number of methoxy groups -OCH3 is 1. The van der Waals surface area contributed by atoms with E-state index in [2.05, 4.69) is 0 Å². The number of carbonyl (C=O) groups excluding carboxylic acids is 2. The molecule has 3 aromatic rings.